The fourth-order valence-corrected chi connectivity index (χ4v) is 3.50. The second kappa shape index (κ2) is 7.98. The number of nitrogens with one attached hydrogen (secondary N) is 2. The Morgan fingerprint density at radius 3 is 2.43 bits per heavy atom. The van der Waals surface area contributed by atoms with Crippen LogP contribution in [0.4, 0.5) is 23.7 Å². The summed E-state index contributed by atoms with van der Waals surface area (Å²) in [6.07, 6.45) is -4.52. The lowest BCUT2D eigenvalue weighted by Crippen LogP contribution is -2.44. The lowest BCUT2D eigenvalue weighted by atomic mass is 9.87. The largest absolute Gasteiger partial charge is 0.418 e. The predicted molar refractivity (Wildman–Crippen MR) is 104 cm³/mol. The van der Waals surface area contributed by atoms with Gasteiger partial charge in [-0.15, -0.1) is 0 Å². The summed E-state index contributed by atoms with van der Waals surface area (Å²) in [6.45, 7) is 0.969. The average molecular weight is 440 g/mol. The molecule has 0 bridgehead atoms. The van der Waals surface area contributed by atoms with E-state index >= 15 is 0 Å². The first-order valence-corrected chi connectivity index (χ1v) is 9.32. The van der Waals surface area contributed by atoms with Crippen LogP contribution in [0.3, 0.4) is 0 Å². The molecule has 3 rings (SSSR count). The van der Waals surface area contributed by atoms with Gasteiger partial charge in [0.2, 0.25) is 5.91 Å². The molecule has 0 aliphatic carbocycles. The molecule has 1 heterocycles. The number of imide groups is 1. The van der Waals surface area contributed by atoms with Gasteiger partial charge >= 0.3 is 12.2 Å². The van der Waals surface area contributed by atoms with Crippen LogP contribution in [0.15, 0.2) is 48.5 Å². The number of nitrogens with zero attached hydrogens (tertiary/aromatic N) is 1. The first-order valence-electron chi connectivity index (χ1n) is 8.94. The molecule has 1 atom stereocenters. The van der Waals surface area contributed by atoms with Crippen LogP contribution in [-0.2, 0) is 21.3 Å². The normalized spacial score (nSPS) is 19.0. The zero-order valence-electron chi connectivity index (χ0n) is 15.7. The summed E-state index contributed by atoms with van der Waals surface area (Å²) < 4.78 is 39.6. The van der Waals surface area contributed by atoms with Gasteiger partial charge < -0.3 is 10.6 Å². The van der Waals surface area contributed by atoms with Crippen LogP contribution in [0.5, 0.6) is 0 Å². The lowest BCUT2D eigenvalue weighted by Gasteiger charge is -2.25. The minimum Gasteiger partial charge on any atom is -0.324 e. The third-order valence-electron chi connectivity index (χ3n) is 4.84. The van der Waals surface area contributed by atoms with Crippen molar-refractivity contribution in [2.24, 2.45) is 0 Å². The Balaban J connectivity index is 1.82. The molecule has 0 aromatic heterocycles. The fourth-order valence-electron chi connectivity index (χ4n) is 3.33. The van der Waals surface area contributed by atoms with Crippen molar-refractivity contribution in [2.45, 2.75) is 25.1 Å². The number of halogens is 4. The van der Waals surface area contributed by atoms with E-state index in [1.807, 2.05) is 0 Å². The number of hydrogen-bond donors (Lipinski definition) is 2. The highest BCUT2D eigenvalue weighted by Gasteiger charge is 2.51. The Morgan fingerprint density at radius 1 is 1.17 bits per heavy atom. The van der Waals surface area contributed by atoms with E-state index in [1.165, 1.54) is 6.07 Å². The Morgan fingerprint density at radius 2 is 1.83 bits per heavy atom. The molecule has 0 saturated carbocycles. The Bertz CT molecular complexity index is 998. The zero-order valence-corrected chi connectivity index (χ0v) is 16.5. The van der Waals surface area contributed by atoms with Crippen molar-refractivity contribution >= 4 is 35.1 Å². The number of carbonyl (C=O) groups excluding carboxylic acids is 3. The van der Waals surface area contributed by atoms with Crippen molar-refractivity contribution < 1.29 is 27.6 Å². The molecule has 1 saturated heterocycles. The van der Waals surface area contributed by atoms with E-state index < -0.39 is 47.4 Å². The van der Waals surface area contributed by atoms with Crippen molar-refractivity contribution in [1.82, 2.24) is 10.2 Å². The minimum atomic E-state index is -4.75. The van der Waals surface area contributed by atoms with Crippen LogP contribution in [0.25, 0.3) is 0 Å². The molecule has 158 valence electrons. The zero-order chi connectivity index (χ0) is 22.1. The van der Waals surface area contributed by atoms with Crippen molar-refractivity contribution in [3.63, 3.8) is 0 Å². The highest BCUT2D eigenvalue weighted by molar-refractivity contribution is 6.30. The van der Waals surface area contributed by atoms with E-state index in [0.29, 0.717) is 16.5 Å². The summed E-state index contributed by atoms with van der Waals surface area (Å²) in [5, 5.41) is 4.56. The predicted octanol–water partition coefficient (Wildman–Crippen LogP) is 4.15. The van der Waals surface area contributed by atoms with Crippen molar-refractivity contribution in [3.8, 4) is 0 Å². The third-order valence-corrected chi connectivity index (χ3v) is 5.07. The van der Waals surface area contributed by atoms with E-state index in [0.717, 1.165) is 6.07 Å². The third kappa shape index (κ3) is 3.97. The second-order valence-electron chi connectivity index (χ2n) is 6.68. The van der Waals surface area contributed by atoms with Gasteiger partial charge in [-0.3, -0.25) is 14.5 Å². The minimum absolute atomic E-state index is 0.148. The summed E-state index contributed by atoms with van der Waals surface area (Å²) >= 11 is 5.62. The molecule has 1 aliphatic heterocycles. The first kappa shape index (κ1) is 21.6. The topological polar surface area (TPSA) is 78.5 Å². The highest BCUT2D eigenvalue weighted by Crippen LogP contribution is 2.37. The number of anilines is 1. The molecular formula is C20H17ClF3N3O3. The number of urea groups is 1. The van der Waals surface area contributed by atoms with Crippen molar-refractivity contribution in [3.05, 3.63) is 64.7 Å². The molecule has 10 heteroatoms. The summed E-state index contributed by atoms with van der Waals surface area (Å²) in [4.78, 5) is 38.5. The molecule has 1 aliphatic rings. The lowest BCUT2D eigenvalue weighted by molar-refractivity contribution is -0.137. The number of alkyl halides is 3. The maximum absolute atomic E-state index is 13.2. The van der Waals surface area contributed by atoms with Crippen LogP contribution >= 0.6 is 11.6 Å². The van der Waals surface area contributed by atoms with E-state index in [1.54, 1.807) is 37.3 Å². The smallest absolute Gasteiger partial charge is 0.324 e. The molecule has 2 aromatic carbocycles. The van der Waals surface area contributed by atoms with Crippen LogP contribution < -0.4 is 10.6 Å². The SMILES string of the molecule is CC[C@@]1(c2ccccc2)NC(=O)N(CC(=O)Nc2ccc(Cl)cc2C(F)(F)F)C1=O. The van der Waals surface area contributed by atoms with Gasteiger partial charge in [-0.1, -0.05) is 48.9 Å². The Labute approximate surface area is 175 Å². The van der Waals surface area contributed by atoms with E-state index in [-0.39, 0.29) is 11.4 Å². The van der Waals surface area contributed by atoms with Crippen LogP contribution in [0, 0.1) is 0 Å². The van der Waals surface area contributed by atoms with Gasteiger partial charge in [0, 0.05) is 5.02 Å². The molecule has 0 radical (unpaired) electrons. The summed E-state index contributed by atoms with van der Waals surface area (Å²) in [7, 11) is 0. The number of carbonyl (C=O) groups is 3. The monoisotopic (exact) mass is 439 g/mol. The molecule has 30 heavy (non-hydrogen) atoms. The molecule has 4 amide bonds. The molecular weight excluding hydrogens is 423 g/mol. The van der Waals surface area contributed by atoms with E-state index in [2.05, 4.69) is 10.6 Å². The van der Waals surface area contributed by atoms with E-state index in [9.17, 15) is 27.6 Å². The fraction of sp³-hybridized carbons (Fsp3) is 0.250. The summed E-state index contributed by atoms with van der Waals surface area (Å²) in [5.41, 5.74) is -2.44. The van der Waals surface area contributed by atoms with Crippen LogP contribution in [-0.4, -0.2) is 29.3 Å². The molecule has 0 spiro atoms. The number of amides is 4. The molecule has 2 aromatic rings. The Kier molecular flexibility index (Phi) is 5.76. The summed E-state index contributed by atoms with van der Waals surface area (Å²) in [6, 6.07) is 10.6. The maximum Gasteiger partial charge on any atom is 0.418 e. The highest BCUT2D eigenvalue weighted by atomic mass is 35.5. The molecule has 6 nitrogen and oxygen atoms in total. The summed E-state index contributed by atoms with van der Waals surface area (Å²) in [5.74, 6) is -1.60. The standard InChI is InChI=1S/C20H17ClF3N3O3/c1-2-19(12-6-4-3-5-7-12)17(29)27(18(30)26-19)11-16(28)25-15-9-8-13(21)10-14(15)20(22,23)24/h3-10H,2,11H2,1H3,(H,25,28)(H,26,30)/t19-/m0/s1. The van der Waals surface area contributed by atoms with Crippen LogP contribution in [0.1, 0.15) is 24.5 Å². The number of benzene rings is 2. The number of rotatable bonds is 5. The van der Waals surface area contributed by atoms with E-state index in [4.69, 9.17) is 11.6 Å². The van der Waals surface area contributed by atoms with Gasteiger partial charge in [0.25, 0.3) is 5.91 Å². The maximum atomic E-state index is 13.2. The number of hydrogen-bond acceptors (Lipinski definition) is 3. The second-order valence-corrected chi connectivity index (χ2v) is 7.12. The quantitative estimate of drug-likeness (QED) is 0.687. The molecule has 2 N–H and O–H groups in total. The first-order chi connectivity index (χ1) is 14.1. The van der Waals surface area contributed by atoms with Gasteiger partial charge in [0.05, 0.1) is 11.3 Å². The van der Waals surface area contributed by atoms with Gasteiger partial charge in [-0.2, -0.15) is 13.2 Å². The van der Waals surface area contributed by atoms with Gasteiger partial charge in [-0.05, 0) is 30.2 Å². The van der Waals surface area contributed by atoms with Crippen molar-refractivity contribution in [2.75, 3.05) is 11.9 Å². The van der Waals surface area contributed by atoms with Gasteiger partial charge in [-0.25, -0.2) is 4.79 Å². The Hall–Kier alpha value is -3.07. The molecule has 0 unspecified atom stereocenters. The average Bonchev–Trinajstić information content (AvgIpc) is 2.94. The van der Waals surface area contributed by atoms with Gasteiger partial charge in [0.1, 0.15) is 12.1 Å². The molecule has 1 fully saturated rings. The van der Waals surface area contributed by atoms with Crippen molar-refractivity contribution in [1.29, 1.82) is 0 Å². The van der Waals surface area contributed by atoms with Crippen LogP contribution in [0.2, 0.25) is 5.02 Å². The van der Waals surface area contributed by atoms with Gasteiger partial charge in [0.15, 0.2) is 0 Å².